The summed E-state index contributed by atoms with van der Waals surface area (Å²) >= 11 is 6.08. The molecule has 1 heterocycles. The van der Waals surface area contributed by atoms with E-state index in [9.17, 15) is 5.11 Å². The van der Waals surface area contributed by atoms with Gasteiger partial charge in [0.25, 0.3) is 0 Å². The second kappa shape index (κ2) is 5.66. The maximum absolute atomic E-state index is 9.82. The van der Waals surface area contributed by atoms with Crippen LogP contribution in [0, 0.1) is 6.92 Å². The quantitative estimate of drug-likeness (QED) is 0.748. The number of nitrogens with two attached hydrogens (primary N) is 1. The fourth-order valence-corrected chi connectivity index (χ4v) is 2.55. The zero-order valence-electron chi connectivity index (χ0n) is 11.9. The van der Waals surface area contributed by atoms with Gasteiger partial charge in [-0.3, -0.25) is 4.98 Å². The second-order valence-electron chi connectivity index (χ2n) is 4.98. The molecule has 0 atom stereocenters. The first-order valence-electron chi connectivity index (χ1n) is 6.73. The summed E-state index contributed by atoms with van der Waals surface area (Å²) in [5, 5.41) is 10.1. The lowest BCUT2D eigenvalue weighted by atomic mass is 10.0. The van der Waals surface area contributed by atoms with Gasteiger partial charge in [-0.05, 0) is 24.6 Å². The number of nitrogen functional groups attached to an aromatic ring is 1. The largest absolute Gasteiger partial charge is 0.506 e. The summed E-state index contributed by atoms with van der Waals surface area (Å²) in [7, 11) is 0. The van der Waals surface area contributed by atoms with E-state index in [1.165, 1.54) is 6.20 Å². The predicted molar refractivity (Wildman–Crippen MR) is 88.7 cm³/mol. The van der Waals surface area contributed by atoms with E-state index in [1.807, 2.05) is 36.4 Å². The minimum atomic E-state index is 0.0788. The van der Waals surface area contributed by atoms with Crippen LogP contribution in [0.2, 0.25) is 5.02 Å². The highest BCUT2D eigenvalue weighted by Crippen LogP contribution is 2.35. The predicted octanol–water partition coefficient (Wildman–Crippen LogP) is 4.06. The summed E-state index contributed by atoms with van der Waals surface area (Å²) < 4.78 is 0. The van der Waals surface area contributed by atoms with Crippen LogP contribution in [0.15, 0.2) is 48.7 Å². The first-order valence-corrected chi connectivity index (χ1v) is 7.11. The first-order chi connectivity index (χ1) is 10.6. The van der Waals surface area contributed by atoms with Crippen LogP contribution in [0.3, 0.4) is 0 Å². The van der Waals surface area contributed by atoms with Crippen molar-refractivity contribution < 1.29 is 5.11 Å². The van der Waals surface area contributed by atoms with Crippen LogP contribution in [0.1, 0.15) is 5.56 Å². The Bertz CT molecular complexity index is 812. The monoisotopic (exact) mass is 311 g/mol. The van der Waals surface area contributed by atoms with Crippen LogP contribution >= 0.6 is 11.6 Å². The molecule has 110 valence electrons. The SMILES string of the molecule is Cc1cc(-c2ncc(N)nc2-c2ccccc2)cc(Cl)c1O. The van der Waals surface area contributed by atoms with Crippen LogP contribution < -0.4 is 5.73 Å². The van der Waals surface area contributed by atoms with Gasteiger partial charge in [-0.15, -0.1) is 0 Å². The molecular formula is C17H14ClN3O. The van der Waals surface area contributed by atoms with E-state index in [2.05, 4.69) is 9.97 Å². The Morgan fingerprint density at radius 1 is 1.05 bits per heavy atom. The third-order valence-electron chi connectivity index (χ3n) is 3.37. The van der Waals surface area contributed by atoms with Crippen LogP contribution in [-0.2, 0) is 0 Å². The average molecular weight is 312 g/mol. The summed E-state index contributed by atoms with van der Waals surface area (Å²) in [4.78, 5) is 8.82. The summed E-state index contributed by atoms with van der Waals surface area (Å²) in [6.45, 7) is 1.79. The molecular weight excluding hydrogens is 298 g/mol. The lowest BCUT2D eigenvalue weighted by Gasteiger charge is -2.11. The Labute approximate surface area is 133 Å². The van der Waals surface area contributed by atoms with Gasteiger partial charge in [-0.1, -0.05) is 41.9 Å². The fraction of sp³-hybridized carbons (Fsp3) is 0.0588. The number of phenols is 1. The minimum absolute atomic E-state index is 0.0788. The number of benzene rings is 2. The highest BCUT2D eigenvalue weighted by atomic mass is 35.5. The lowest BCUT2D eigenvalue weighted by Crippen LogP contribution is -1.98. The zero-order valence-corrected chi connectivity index (χ0v) is 12.7. The molecule has 3 N–H and O–H groups in total. The third kappa shape index (κ3) is 2.61. The molecule has 0 aliphatic carbocycles. The molecule has 0 spiro atoms. The number of aromatic nitrogens is 2. The molecule has 0 aliphatic rings. The van der Waals surface area contributed by atoms with Crippen molar-refractivity contribution in [2.24, 2.45) is 0 Å². The van der Waals surface area contributed by atoms with Crippen LogP contribution in [0.4, 0.5) is 5.82 Å². The fourth-order valence-electron chi connectivity index (χ4n) is 2.28. The molecule has 2 aromatic carbocycles. The molecule has 4 nitrogen and oxygen atoms in total. The van der Waals surface area contributed by atoms with Crippen LogP contribution in [0.5, 0.6) is 5.75 Å². The van der Waals surface area contributed by atoms with E-state index < -0.39 is 0 Å². The van der Waals surface area contributed by atoms with E-state index in [1.54, 1.807) is 13.0 Å². The van der Waals surface area contributed by atoms with Crippen molar-refractivity contribution in [1.29, 1.82) is 0 Å². The van der Waals surface area contributed by atoms with Gasteiger partial charge in [0.15, 0.2) is 0 Å². The Morgan fingerprint density at radius 2 is 1.77 bits per heavy atom. The zero-order chi connectivity index (χ0) is 15.7. The van der Waals surface area contributed by atoms with E-state index >= 15 is 0 Å². The van der Waals surface area contributed by atoms with E-state index in [0.717, 1.165) is 11.1 Å². The van der Waals surface area contributed by atoms with Crippen molar-refractivity contribution in [2.45, 2.75) is 6.92 Å². The number of hydrogen-bond acceptors (Lipinski definition) is 4. The maximum Gasteiger partial charge on any atom is 0.142 e. The molecule has 1 aromatic heterocycles. The number of anilines is 1. The smallest absolute Gasteiger partial charge is 0.142 e. The lowest BCUT2D eigenvalue weighted by molar-refractivity contribution is 0.471. The summed E-state index contributed by atoms with van der Waals surface area (Å²) in [5.41, 5.74) is 9.52. The molecule has 3 aromatic rings. The molecule has 3 rings (SSSR count). The molecule has 0 amide bonds. The van der Waals surface area contributed by atoms with E-state index in [0.29, 0.717) is 22.8 Å². The molecule has 0 radical (unpaired) electrons. The number of rotatable bonds is 2. The van der Waals surface area contributed by atoms with Gasteiger partial charge in [0, 0.05) is 11.1 Å². The molecule has 0 saturated heterocycles. The Balaban J connectivity index is 2.24. The topological polar surface area (TPSA) is 72.0 Å². The summed E-state index contributed by atoms with van der Waals surface area (Å²) in [6, 6.07) is 13.2. The van der Waals surface area contributed by atoms with Gasteiger partial charge in [0.2, 0.25) is 0 Å². The molecule has 0 unspecified atom stereocenters. The second-order valence-corrected chi connectivity index (χ2v) is 5.39. The van der Waals surface area contributed by atoms with Gasteiger partial charge in [-0.2, -0.15) is 0 Å². The van der Waals surface area contributed by atoms with Crippen LogP contribution in [-0.4, -0.2) is 15.1 Å². The molecule has 5 heteroatoms. The van der Waals surface area contributed by atoms with E-state index in [4.69, 9.17) is 17.3 Å². The van der Waals surface area contributed by atoms with Gasteiger partial charge >= 0.3 is 0 Å². The van der Waals surface area contributed by atoms with Gasteiger partial charge < -0.3 is 10.8 Å². The Kier molecular flexibility index (Phi) is 3.69. The Hall–Kier alpha value is -2.59. The first kappa shape index (κ1) is 14.4. The maximum atomic E-state index is 9.82. The van der Waals surface area contributed by atoms with Crippen molar-refractivity contribution in [3.8, 4) is 28.3 Å². The molecule has 0 aliphatic heterocycles. The summed E-state index contributed by atoms with van der Waals surface area (Å²) in [5.74, 6) is 0.430. The molecule has 0 fully saturated rings. The molecule has 22 heavy (non-hydrogen) atoms. The van der Waals surface area contributed by atoms with Gasteiger partial charge in [0.05, 0.1) is 22.6 Å². The average Bonchev–Trinajstić information content (AvgIpc) is 2.53. The van der Waals surface area contributed by atoms with Crippen molar-refractivity contribution in [3.63, 3.8) is 0 Å². The Morgan fingerprint density at radius 3 is 2.45 bits per heavy atom. The van der Waals surface area contributed by atoms with Crippen LogP contribution in [0.25, 0.3) is 22.5 Å². The molecule has 0 bridgehead atoms. The highest BCUT2D eigenvalue weighted by Gasteiger charge is 2.14. The number of nitrogens with zero attached hydrogens (tertiary/aromatic N) is 2. The summed E-state index contributed by atoms with van der Waals surface area (Å²) in [6.07, 6.45) is 1.51. The minimum Gasteiger partial charge on any atom is -0.506 e. The third-order valence-corrected chi connectivity index (χ3v) is 3.65. The van der Waals surface area contributed by atoms with Crippen molar-refractivity contribution in [1.82, 2.24) is 9.97 Å². The van der Waals surface area contributed by atoms with Crippen molar-refractivity contribution in [3.05, 3.63) is 59.2 Å². The number of aryl methyl sites for hydroxylation is 1. The van der Waals surface area contributed by atoms with Crippen molar-refractivity contribution in [2.75, 3.05) is 5.73 Å². The van der Waals surface area contributed by atoms with Crippen molar-refractivity contribution >= 4 is 17.4 Å². The van der Waals surface area contributed by atoms with Gasteiger partial charge in [-0.25, -0.2) is 4.98 Å². The number of aromatic hydroxyl groups is 1. The highest BCUT2D eigenvalue weighted by molar-refractivity contribution is 6.32. The number of hydrogen-bond donors (Lipinski definition) is 2. The van der Waals surface area contributed by atoms with E-state index in [-0.39, 0.29) is 10.8 Å². The number of halogens is 1. The number of phenolic OH excluding ortho intramolecular Hbond substituents is 1. The van der Waals surface area contributed by atoms with Gasteiger partial charge in [0.1, 0.15) is 11.6 Å². The molecule has 0 saturated carbocycles. The normalized spacial score (nSPS) is 10.6. The standard InChI is InChI=1S/C17H14ClN3O/c1-10-7-12(8-13(18)17(10)22)15-16(21-14(19)9-20-15)11-5-3-2-4-6-11/h2-9,22H,1H3,(H2,19,21).